The van der Waals surface area contributed by atoms with Crippen molar-refractivity contribution in [2.45, 2.75) is 41.9 Å². The molecule has 9 heteroatoms. The highest BCUT2D eigenvalue weighted by Crippen LogP contribution is 2.23. The molecule has 0 radical (unpaired) electrons. The van der Waals surface area contributed by atoms with Gasteiger partial charge >= 0.3 is 0 Å². The highest BCUT2D eigenvalue weighted by Gasteiger charge is 2.13. The topological polar surface area (TPSA) is 94.5 Å². The Hall–Kier alpha value is -2.20. The van der Waals surface area contributed by atoms with E-state index < -0.39 is 10.0 Å². The lowest BCUT2D eigenvalue weighted by Gasteiger charge is -2.05. The van der Waals surface area contributed by atoms with Gasteiger partial charge in [0.05, 0.1) is 21.5 Å². The molecule has 1 amide bonds. The quantitative estimate of drug-likeness (QED) is 0.429. The number of allylic oxidation sites excluding steroid dienone is 1. The molecule has 0 atom stereocenters. The fourth-order valence-corrected chi connectivity index (χ4v) is 5.45. The van der Waals surface area contributed by atoms with E-state index in [1.165, 1.54) is 23.5 Å². The number of carbonyl (C=O) groups excluding carboxylic acids is 1. The number of nitrogens with two attached hydrogens (primary N) is 1. The van der Waals surface area contributed by atoms with E-state index in [-0.39, 0.29) is 17.2 Å². The summed E-state index contributed by atoms with van der Waals surface area (Å²) < 4.78 is 25.8. The maximum atomic E-state index is 12.6. The maximum absolute atomic E-state index is 12.6. The molecule has 0 aliphatic rings. The molecule has 30 heavy (non-hydrogen) atoms. The summed E-state index contributed by atoms with van der Waals surface area (Å²) in [5.41, 5.74) is 1.67. The zero-order valence-electron chi connectivity index (χ0n) is 16.7. The predicted molar refractivity (Wildman–Crippen MR) is 123 cm³/mol. The van der Waals surface area contributed by atoms with Crippen LogP contribution in [-0.4, -0.2) is 24.1 Å². The normalized spacial score (nSPS) is 12.6. The summed E-state index contributed by atoms with van der Waals surface area (Å²) in [5.74, 6) is -0.268. The van der Waals surface area contributed by atoms with Crippen molar-refractivity contribution in [3.05, 3.63) is 65.5 Å². The van der Waals surface area contributed by atoms with Crippen molar-refractivity contribution in [3.63, 3.8) is 0 Å². The van der Waals surface area contributed by atoms with Crippen molar-refractivity contribution < 1.29 is 13.2 Å². The van der Waals surface area contributed by atoms with E-state index in [9.17, 15) is 13.2 Å². The molecule has 3 aromatic rings. The molecule has 0 bridgehead atoms. The first kappa shape index (κ1) is 22.5. The van der Waals surface area contributed by atoms with Crippen molar-refractivity contribution in [2.24, 2.45) is 10.1 Å². The van der Waals surface area contributed by atoms with E-state index >= 15 is 0 Å². The van der Waals surface area contributed by atoms with Crippen LogP contribution in [0.4, 0.5) is 0 Å². The maximum Gasteiger partial charge on any atom is 0.252 e. The van der Waals surface area contributed by atoms with Gasteiger partial charge in [0.1, 0.15) is 0 Å². The van der Waals surface area contributed by atoms with Crippen LogP contribution in [0, 0.1) is 0 Å². The average molecular weight is 462 g/mol. The highest BCUT2D eigenvalue weighted by atomic mass is 32.2. The number of rotatable bonds is 7. The molecule has 2 aromatic carbocycles. The van der Waals surface area contributed by atoms with E-state index in [0.717, 1.165) is 16.0 Å². The van der Waals surface area contributed by atoms with Crippen molar-refractivity contribution >= 4 is 49.2 Å². The van der Waals surface area contributed by atoms with Gasteiger partial charge in [0, 0.05) is 16.7 Å². The average Bonchev–Trinajstić information content (AvgIpc) is 2.99. The zero-order chi connectivity index (χ0) is 21.9. The molecule has 0 saturated carbocycles. The SMILES string of the molecule is C=CCn1c(=NC(=O)Cc2ccc(SC(C)C)cc2)sc2cc(S(N)(=O)=O)ccc21. The van der Waals surface area contributed by atoms with Gasteiger partial charge in [-0.1, -0.05) is 43.4 Å². The third kappa shape index (κ3) is 5.48. The summed E-state index contributed by atoms with van der Waals surface area (Å²) in [6, 6.07) is 12.5. The molecule has 6 nitrogen and oxygen atoms in total. The summed E-state index contributed by atoms with van der Waals surface area (Å²) in [6.45, 7) is 8.47. The van der Waals surface area contributed by atoms with Gasteiger partial charge in [-0.25, -0.2) is 13.6 Å². The number of fused-ring (bicyclic) bond motifs is 1. The fourth-order valence-electron chi connectivity index (χ4n) is 2.90. The Bertz CT molecular complexity index is 1250. The van der Waals surface area contributed by atoms with E-state index in [1.807, 2.05) is 28.8 Å². The van der Waals surface area contributed by atoms with Crippen LogP contribution in [0.1, 0.15) is 19.4 Å². The molecule has 3 rings (SSSR count). The molecular weight excluding hydrogens is 438 g/mol. The monoisotopic (exact) mass is 461 g/mol. The molecule has 0 unspecified atom stereocenters. The van der Waals surface area contributed by atoms with Gasteiger partial charge in [0.2, 0.25) is 10.0 Å². The smallest absolute Gasteiger partial charge is 0.252 e. The van der Waals surface area contributed by atoms with Crippen LogP contribution in [0.2, 0.25) is 0 Å². The number of benzene rings is 2. The molecular formula is C21H23N3O3S3. The molecule has 1 aromatic heterocycles. The third-order valence-electron chi connectivity index (χ3n) is 4.17. The molecule has 0 fully saturated rings. The van der Waals surface area contributed by atoms with Crippen molar-refractivity contribution in [1.82, 2.24) is 4.57 Å². The lowest BCUT2D eigenvalue weighted by Crippen LogP contribution is -2.17. The molecule has 2 N–H and O–H groups in total. The van der Waals surface area contributed by atoms with Gasteiger partial charge in [-0.05, 0) is 35.9 Å². The van der Waals surface area contributed by atoms with Crippen molar-refractivity contribution in [2.75, 3.05) is 0 Å². The minimum Gasteiger partial charge on any atom is -0.313 e. The Morgan fingerprint density at radius 3 is 2.57 bits per heavy atom. The van der Waals surface area contributed by atoms with E-state index in [4.69, 9.17) is 5.14 Å². The zero-order valence-corrected chi connectivity index (χ0v) is 19.2. The Morgan fingerprint density at radius 2 is 1.97 bits per heavy atom. The summed E-state index contributed by atoms with van der Waals surface area (Å²) in [7, 11) is -3.81. The molecule has 0 saturated heterocycles. The van der Waals surface area contributed by atoms with Crippen molar-refractivity contribution in [3.8, 4) is 0 Å². The van der Waals surface area contributed by atoms with E-state index in [2.05, 4.69) is 25.4 Å². The largest absolute Gasteiger partial charge is 0.313 e. The molecule has 0 aliphatic heterocycles. The second kappa shape index (κ2) is 9.30. The number of thiazole rings is 1. The van der Waals surface area contributed by atoms with Crippen LogP contribution in [0.25, 0.3) is 10.2 Å². The lowest BCUT2D eigenvalue weighted by atomic mass is 10.1. The Labute approximate surface area is 184 Å². The minimum atomic E-state index is -3.81. The lowest BCUT2D eigenvalue weighted by molar-refractivity contribution is -0.117. The summed E-state index contributed by atoms with van der Waals surface area (Å²) in [4.78, 5) is 18.6. The molecule has 0 aliphatic carbocycles. The number of thioether (sulfide) groups is 1. The Balaban J connectivity index is 1.92. The predicted octanol–water partition coefficient (Wildman–Crippen LogP) is 3.71. The highest BCUT2D eigenvalue weighted by molar-refractivity contribution is 7.99. The number of nitrogens with zero attached hydrogens (tertiary/aromatic N) is 2. The Morgan fingerprint density at radius 1 is 1.27 bits per heavy atom. The van der Waals surface area contributed by atoms with Gasteiger partial charge in [0.15, 0.2) is 4.80 Å². The van der Waals surface area contributed by atoms with Gasteiger partial charge in [0.25, 0.3) is 5.91 Å². The standard InChI is InChI=1S/C21H23N3O3S3/c1-4-11-24-18-10-9-17(30(22,26)27)13-19(18)29-21(24)23-20(25)12-15-5-7-16(8-6-15)28-14(2)3/h4-10,13-14H,1,11-12H2,2-3H3,(H2,22,26,27). The van der Waals surface area contributed by atoms with Crippen LogP contribution < -0.4 is 9.94 Å². The van der Waals surface area contributed by atoms with E-state index in [0.29, 0.717) is 21.3 Å². The second-order valence-electron chi connectivity index (χ2n) is 6.95. The first-order valence-corrected chi connectivity index (χ1v) is 12.5. The van der Waals surface area contributed by atoms with Crippen LogP contribution in [0.3, 0.4) is 0 Å². The number of primary sulfonamides is 1. The third-order valence-corrected chi connectivity index (χ3v) is 7.13. The first-order valence-electron chi connectivity index (χ1n) is 9.27. The van der Waals surface area contributed by atoms with Gasteiger partial charge in [-0.15, -0.1) is 18.3 Å². The Kier molecular flexibility index (Phi) is 6.97. The first-order chi connectivity index (χ1) is 14.2. The van der Waals surface area contributed by atoms with Gasteiger partial charge in [-0.2, -0.15) is 4.99 Å². The van der Waals surface area contributed by atoms with Crippen LogP contribution >= 0.6 is 23.1 Å². The second-order valence-corrected chi connectivity index (χ2v) is 11.2. The van der Waals surface area contributed by atoms with Crippen LogP contribution in [0.5, 0.6) is 0 Å². The molecule has 0 spiro atoms. The number of carbonyl (C=O) groups is 1. The summed E-state index contributed by atoms with van der Waals surface area (Å²) >= 11 is 3.02. The van der Waals surface area contributed by atoms with E-state index in [1.54, 1.807) is 23.9 Å². The van der Waals surface area contributed by atoms with Crippen LogP contribution in [0.15, 0.2) is 69.9 Å². The number of amides is 1. The fraction of sp³-hybridized carbons (Fsp3) is 0.238. The number of sulfonamides is 1. The van der Waals surface area contributed by atoms with Crippen molar-refractivity contribution in [1.29, 1.82) is 0 Å². The summed E-state index contributed by atoms with van der Waals surface area (Å²) in [5, 5.41) is 5.73. The molecule has 158 valence electrons. The number of hydrogen-bond donors (Lipinski definition) is 1. The molecule has 1 heterocycles. The van der Waals surface area contributed by atoms with Crippen LogP contribution in [-0.2, 0) is 27.8 Å². The van der Waals surface area contributed by atoms with Gasteiger partial charge < -0.3 is 4.57 Å². The van der Waals surface area contributed by atoms with Gasteiger partial charge in [-0.3, -0.25) is 4.79 Å². The summed E-state index contributed by atoms with van der Waals surface area (Å²) in [6.07, 6.45) is 1.89. The minimum absolute atomic E-state index is 0.0271. The number of hydrogen-bond acceptors (Lipinski definition) is 5. The number of aromatic nitrogens is 1.